The summed E-state index contributed by atoms with van der Waals surface area (Å²) >= 11 is 0. The van der Waals surface area contributed by atoms with Gasteiger partial charge < -0.3 is 0 Å². The second-order valence-electron chi connectivity index (χ2n) is 3.25. The number of azo groups is 2. The summed E-state index contributed by atoms with van der Waals surface area (Å²) < 4.78 is 2.06. The van der Waals surface area contributed by atoms with Crippen LogP contribution in [0.2, 0.25) is 0 Å². The van der Waals surface area contributed by atoms with Crippen molar-refractivity contribution < 1.29 is 4.70 Å². The van der Waals surface area contributed by atoms with Crippen LogP contribution in [0.4, 0.5) is 0 Å². The molecule has 1 rings (SSSR count). The first-order valence-electron chi connectivity index (χ1n) is 3.24. The summed E-state index contributed by atoms with van der Waals surface area (Å²) in [6.07, 6.45) is 3.91. The normalized spacial score (nSPS) is 18.3. The van der Waals surface area contributed by atoms with Gasteiger partial charge in [0, 0.05) is 26.8 Å². The van der Waals surface area contributed by atoms with E-state index in [9.17, 15) is 0 Å². The van der Waals surface area contributed by atoms with Gasteiger partial charge in [0.25, 0.3) is 0 Å². The lowest BCUT2D eigenvalue weighted by molar-refractivity contribution is -0.641. The van der Waals surface area contributed by atoms with Crippen LogP contribution in [0.1, 0.15) is 20.8 Å². The van der Waals surface area contributed by atoms with Crippen molar-refractivity contribution in [2.45, 2.75) is 26.3 Å². The minimum absolute atomic E-state index is 0.184. The summed E-state index contributed by atoms with van der Waals surface area (Å²) in [6, 6.07) is 0. The zero-order valence-electron chi connectivity index (χ0n) is 6.26. The van der Waals surface area contributed by atoms with Crippen LogP contribution in [0.3, 0.4) is 0 Å². The maximum atomic E-state index is 4.16. The Hall–Kier alpha value is -0.660. The van der Waals surface area contributed by atoms with E-state index in [1.165, 1.54) is 0 Å². The van der Waals surface area contributed by atoms with E-state index in [1.807, 2.05) is 6.20 Å². The van der Waals surface area contributed by atoms with Gasteiger partial charge in [-0.3, -0.25) is 0 Å². The van der Waals surface area contributed by atoms with Crippen molar-refractivity contribution in [3.8, 4) is 0 Å². The van der Waals surface area contributed by atoms with Gasteiger partial charge in [-0.1, -0.05) is 0 Å². The van der Waals surface area contributed by atoms with Crippen LogP contribution in [0, 0.1) is 0 Å². The van der Waals surface area contributed by atoms with E-state index in [-0.39, 0.29) is 5.54 Å². The fourth-order valence-corrected chi connectivity index (χ4v) is 0.769. The molecule has 0 aromatic heterocycles. The minimum atomic E-state index is 0.184. The Kier molecular flexibility index (Phi) is 1.39. The standard InChI is InChI=1S/C7H13N2/c1-7(2,3)9-6-4-5-8-9/h4-5H,6H2,1-3H3/q+1. The fourth-order valence-electron chi connectivity index (χ4n) is 0.769. The molecule has 0 aromatic rings. The molecule has 0 radical (unpaired) electrons. The van der Waals surface area contributed by atoms with Gasteiger partial charge in [-0.2, -0.15) is 0 Å². The number of hydrogen-bond donors (Lipinski definition) is 0. The van der Waals surface area contributed by atoms with Gasteiger partial charge in [-0.15, -0.1) is 4.70 Å². The molecule has 1 aliphatic rings. The first-order valence-corrected chi connectivity index (χ1v) is 3.24. The van der Waals surface area contributed by atoms with Crippen LogP contribution in [0.25, 0.3) is 0 Å². The van der Waals surface area contributed by atoms with E-state index in [4.69, 9.17) is 0 Å². The summed E-state index contributed by atoms with van der Waals surface area (Å²) in [7, 11) is 0. The van der Waals surface area contributed by atoms with Gasteiger partial charge in [-0.05, 0) is 5.11 Å². The van der Waals surface area contributed by atoms with Gasteiger partial charge in [0.2, 0.25) is 0 Å². The zero-order valence-corrected chi connectivity index (χ0v) is 6.26. The van der Waals surface area contributed by atoms with E-state index < -0.39 is 0 Å². The van der Waals surface area contributed by atoms with E-state index in [0.29, 0.717) is 0 Å². The average molecular weight is 125 g/mol. The van der Waals surface area contributed by atoms with Crippen LogP contribution >= 0.6 is 0 Å². The molecular formula is C7H13N2+. The highest BCUT2D eigenvalue weighted by molar-refractivity contribution is 4.80. The van der Waals surface area contributed by atoms with Crippen molar-refractivity contribution >= 4 is 0 Å². The van der Waals surface area contributed by atoms with Crippen LogP contribution in [-0.2, 0) is 0 Å². The van der Waals surface area contributed by atoms with Crippen LogP contribution in [-0.4, -0.2) is 16.8 Å². The Labute approximate surface area is 55.9 Å². The zero-order chi connectivity index (χ0) is 6.91. The Morgan fingerprint density at radius 3 is 2.33 bits per heavy atom. The highest BCUT2D eigenvalue weighted by Gasteiger charge is 2.26. The summed E-state index contributed by atoms with van der Waals surface area (Å²) in [6.45, 7) is 7.43. The Bertz CT molecular complexity index is 160. The first-order chi connectivity index (χ1) is 4.11. The van der Waals surface area contributed by atoms with Crippen LogP contribution in [0.5, 0.6) is 0 Å². The molecule has 0 aromatic carbocycles. The molecule has 9 heavy (non-hydrogen) atoms. The van der Waals surface area contributed by atoms with Gasteiger partial charge in [0.15, 0.2) is 12.1 Å². The highest BCUT2D eigenvalue weighted by Crippen LogP contribution is 2.10. The molecule has 0 saturated heterocycles. The number of rotatable bonds is 0. The molecule has 0 unspecified atom stereocenters. The summed E-state index contributed by atoms with van der Waals surface area (Å²) in [5, 5.41) is 4.16. The molecule has 0 bridgehead atoms. The molecule has 0 saturated carbocycles. The molecule has 0 amide bonds. The largest absolute Gasteiger partial charge is 0.189 e. The van der Waals surface area contributed by atoms with E-state index in [0.717, 1.165) is 6.54 Å². The molecule has 2 heteroatoms. The fraction of sp³-hybridized carbons (Fsp3) is 0.714. The van der Waals surface area contributed by atoms with Crippen LogP contribution in [0.15, 0.2) is 17.4 Å². The number of hydrogen-bond acceptors (Lipinski definition) is 1. The quantitative estimate of drug-likeness (QED) is 0.438. The Morgan fingerprint density at radius 1 is 1.44 bits per heavy atom. The molecule has 0 N–H and O–H groups in total. The second-order valence-corrected chi connectivity index (χ2v) is 3.25. The molecule has 0 aliphatic carbocycles. The Morgan fingerprint density at radius 2 is 2.11 bits per heavy atom. The van der Waals surface area contributed by atoms with Gasteiger partial charge in [-0.25, -0.2) is 0 Å². The Balaban J connectivity index is 2.66. The topological polar surface area (TPSA) is 15.4 Å². The third-order valence-electron chi connectivity index (χ3n) is 1.36. The van der Waals surface area contributed by atoms with Crippen LogP contribution < -0.4 is 0 Å². The smallest absolute Gasteiger partial charge is 0.115 e. The summed E-state index contributed by atoms with van der Waals surface area (Å²) in [5.74, 6) is 0. The predicted molar refractivity (Wildman–Crippen MR) is 36.4 cm³/mol. The van der Waals surface area contributed by atoms with E-state index >= 15 is 0 Å². The lowest BCUT2D eigenvalue weighted by Crippen LogP contribution is -2.30. The first kappa shape index (κ1) is 6.46. The lowest BCUT2D eigenvalue weighted by atomic mass is 10.1. The van der Waals surface area contributed by atoms with Crippen molar-refractivity contribution in [1.82, 2.24) is 0 Å². The molecule has 0 spiro atoms. The maximum Gasteiger partial charge on any atom is 0.189 e. The molecule has 0 atom stereocenters. The van der Waals surface area contributed by atoms with E-state index in [2.05, 4.69) is 36.7 Å². The number of nitrogens with zero attached hydrogens (tertiary/aromatic N) is 2. The van der Waals surface area contributed by atoms with Crippen molar-refractivity contribution in [2.75, 3.05) is 6.54 Å². The monoisotopic (exact) mass is 125 g/mol. The van der Waals surface area contributed by atoms with Gasteiger partial charge in [0.05, 0.1) is 6.20 Å². The second kappa shape index (κ2) is 1.94. The lowest BCUT2D eigenvalue weighted by Gasteiger charge is -2.10. The van der Waals surface area contributed by atoms with E-state index in [1.54, 1.807) is 0 Å². The molecule has 0 fully saturated rings. The molecule has 1 heterocycles. The van der Waals surface area contributed by atoms with Crippen molar-refractivity contribution in [2.24, 2.45) is 5.11 Å². The molecule has 50 valence electrons. The summed E-state index contributed by atoms with van der Waals surface area (Å²) in [4.78, 5) is 0. The molecular weight excluding hydrogens is 112 g/mol. The SMILES string of the molecule is CC(C)(C)[N+]1=NC=CC1. The van der Waals surface area contributed by atoms with Crippen molar-refractivity contribution in [3.05, 3.63) is 12.3 Å². The third-order valence-corrected chi connectivity index (χ3v) is 1.36. The minimum Gasteiger partial charge on any atom is -0.115 e. The summed E-state index contributed by atoms with van der Waals surface area (Å²) in [5.41, 5.74) is 0.184. The van der Waals surface area contributed by atoms with Crippen molar-refractivity contribution in [3.63, 3.8) is 0 Å². The third kappa shape index (κ3) is 1.37. The van der Waals surface area contributed by atoms with Crippen molar-refractivity contribution in [1.29, 1.82) is 0 Å². The average Bonchev–Trinajstić information content (AvgIpc) is 2.08. The van der Waals surface area contributed by atoms with Gasteiger partial charge in [0.1, 0.15) is 0 Å². The predicted octanol–water partition coefficient (Wildman–Crippen LogP) is 1.78. The highest BCUT2D eigenvalue weighted by atomic mass is 15.3. The van der Waals surface area contributed by atoms with Gasteiger partial charge >= 0.3 is 0 Å². The molecule has 1 aliphatic heterocycles. The maximum absolute atomic E-state index is 4.16. The molecule has 2 nitrogen and oxygen atoms in total.